The molecule has 6 aromatic heterocycles. The van der Waals surface area contributed by atoms with Gasteiger partial charge in [-0.1, -0.05) is 12.1 Å². The number of carbonyl (C=O) groups excluding carboxylic acids is 2. The minimum Gasteiger partial charge on any atom is -0.353 e. The summed E-state index contributed by atoms with van der Waals surface area (Å²) >= 11 is 0. The van der Waals surface area contributed by atoms with Crippen molar-refractivity contribution < 1.29 is 44.0 Å². The van der Waals surface area contributed by atoms with Gasteiger partial charge in [0.25, 0.3) is 6.43 Å². The monoisotopic (exact) mass is 1030 g/mol. The molecule has 374 valence electrons. The zero-order valence-corrected chi connectivity index (χ0v) is 40.2. The van der Waals surface area contributed by atoms with E-state index in [2.05, 4.69) is 61.4 Å². The third-order valence-corrected chi connectivity index (χ3v) is 14.6. The van der Waals surface area contributed by atoms with Crippen LogP contribution in [0.15, 0.2) is 78.1 Å². The van der Waals surface area contributed by atoms with Crippen LogP contribution in [0.5, 0.6) is 0 Å². The number of halogens is 4. The van der Waals surface area contributed by atoms with Gasteiger partial charge in [0.15, 0.2) is 27.0 Å². The van der Waals surface area contributed by atoms with E-state index in [0.717, 1.165) is 16.8 Å². The number of nitrogens with zero attached hydrogens (tertiary/aromatic N) is 9. The van der Waals surface area contributed by atoms with Gasteiger partial charge in [-0.25, -0.2) is 54.3 Å². The van der Waals surface area contributed by atoms with Gasteiger partial charge in [0.05, 0.1) is 63.3 Å². The molecule has 10 rings (SSSR count). The van der Waals surface area contributed by atoms with Crippen LogP contribution in [0.2, 0.25) is 0 Å². The smallest absolute Gasteiger partial charge is 0.295 e. The number of sulfone groups is 1. The van der Waals surface area contributed by atoms with E-state index in [1.165, 1.54) is 42.2 Å². The predicted octanol–water partition coefficient (Wildman–Crippen LogP) is 6.55. The molecule has 0 spiro atoms. The van der Waals surface area contributed by atoms with Gasteiger partial charge in [-0.3, -0.25) is 23.3 Å². The van der Waals surface area contributed by atoms with Crippen molar-refractivity contribution in [1.82, 2.24) is 49.5 Å². The molecule has 5 unspecified atom stereocenters. The fraction of sp³-hybridized carbons (Fsp3) is 0.289. The summed E-state index contributed by atoms with van der Waals surface area (Å²) in [6.07, 6.45) is 1.12. The Kier molecular flexibility index (Phi) is 11.7. The van der Waals surface area contributed by atoms with Gasteiger partial charge < -0.3 is 31.2 Å². The number of fused-ring (bicyclic) bond motifs is 2. The number of aryl methyl sites for hydroxylation is 2. The molecule has 72 heavy (non-hydrogen) atoms. The predicted molar refractivity (Wildman–Crippen MR) is 259 cm³/mol. The van der Waals surface area contributed by atoms with Crippen LogP contribution in [0.25, 0.3) is 44.7 Å². The second-order valence-corrected chi connectivity index (χ2v) is 21.7. The molecule has 2 aliphatic carbocycles. The summed E-state index contributed by atoms with van der Waals surface area (Å²) in [5.74, 6) is -4.35. The summed E-state index contributed by atoms with van der Waals surface area (Å²) in [5.41, 5.74) is 3.58. The molecule has 2 aliphatic rings. The number of sulfonamides is 1. The molecular weight excluding hydrogens is 987 g/mol. The van der Waals surface area contributed by atoms with Gasteiger partial charge in [0.1, 0.15) is 40.8 Å². The number of anilines is 7. The van der Waals surface area contributed by atoms with E-state index in [1.807, 2.05) is 0 Å². The third-order valence-electron chi connectivity index (χ3n) is 12.3. The van der Waals surface area contributed by atoms with E-state index < -0.39 is 74.0 Å². The van der Waals surface area contributed by atoms with Crippen molar-refractivity contribution in [1.29, 1.82) is 0 Å². The molecule has 2 saturated carbocycles. The number of nitrogens with one attached hydrogen (secondary N) is 6. The number of hydrogen-bond donors (Lipinski definition) is 6. The number of carbonyl (C=O) groups is 2. The number of aromatic nitrogens is 10. The van der Waals surface area contributed by atoms with Crippen LogP contribution >= 0.6 is 0 Å². The fourth-order valence-corrected chi connectivity index (χ4v) is 9.69. The Bertz CT molecular complexity index is 3730. The molecule has 2 aromatic carbocycles. The first-order valence-electron chi connectivity index (χ1n) is 22.0. The van der Waals surface area contributed by atoms with Gasteiger partial charge in [-0.15, -0.1) is 0 Å². The second kappa shape index (κ2) is 17.7. The topological polar surface area (TPSA) is 273 Å². The van der Waals surface area contributed by atoms with Crippen LogP contribution in [0, 0.1) is 24.7 Å². The SMILES string of the molecule is Cc1nc2nc(NC(=O)C3CC3F)cc(Nc3ccc(-c4cnn(CC5C(F)C5C(=O)Nc5cc(Nc6ccc(-c7ccn(C)n7)cc6S(C)(=O)=O)c6[nH]c(C(F)F)nc6n5)c4)cc3N(C)S(C)(=O)=O)c2[nH]1. The Balaban J connectivity index is 0.872. The Hall–Kier alpha value is -7.94. The van der Waals surface area contributed by atoms with Crippen LogP contribution in [-0.4, -0.2) is 110 Å². The molecule has 5 atom stereocenters. The van der Waals surface area contributed by atoms with Gasteiger partial charge in [0.2, 0.25) is 21.8 Å². The zero-order valence-electron chi connectivity index (χ0n) is 38.6. The number of pyridine rings is 2. The molecule has 2 fully saturated rings. The number of benzene rings is 2. The van der Waals surface area contributed by atoms with Gasteiger partial charge in [-0.2, -0.15) is 10.2 Å². The molecule has 27 heteroatoms. The standard InChI is InChI=1S/C45H43F4N15O6S2/c1-20-51-38-30(15-34(55-41(38)52-20)57-44(65)24-14-26(24)46)53-28-8-6-21(12-32(28)63(3)72(5,69)70)23-17-50-64(18-23)19-25-36(37(25)47)45(66)58-35-16-31(39-42(56-35)60-43(59-39)40(48)49)54-29-9-7-22(13-33(29)71(4,67)68)27-10-11-62(2)61-27/h6-13,15-18,24-26,36-37,40H,14,19H2,1-5H3,(H3,51,52,53,55,57,65)(H3,54,56,58,59,60,66). The largest absolute Gasteiger partial charge is 0.353 e. The lowest BCUT2D eigenvalue weighted by Gasteiger charge is -2.22. The average molecular weight is 1030 g/mol. The van der Waals surface area contributed by atoms with Crippen molar-refractivity contribution in [2.75, 3.05) is 45.1 Å². The van der Waals surface area contributed by atoms with Crippen molar-refractivity contribution in [3.63, 3.8) is 0 Å². The zero-order chi connectivity index (χ0) is 51.1. The molecule has 0 bridgehead atoms. The molecule has 2 amide bonds. The number of amides is 2. The lowest BCUT2D eigenvalue weighted by Crippen LogP contribution is -2.25. The molecule has 6 heterocycles. The Morgan fingerprint density at radius 3 is 2.10 bits per heavy atom. The highest BCUT2D eigenvalue weighted by atomic mass is 32.2. The molecule has 6 N–H and O–H groups in total. The second-order valence-electron chi connectivity index (χ2n) is 17.7. The first-order chi connectivity index (χ1) is 34.1. The van der Waals surface area contributed by atoms with Crippen LogP contribution < -0.4 is 25.6 Å². The summed E-state index contributed by atoms with van der Waals surface area (Å²) in [5, 5.41) is 20.1. The molecule has 8 aromatic rings. The van der Waals surface area contributed by atoms with Crippen molar-refractivity contribution in [2.45, 2.75) is 43.6 Å². The molecule has 0 aliphatic heterocycles. The minimum atomic E-state index is -3.88. The molecule has 21 nitrogen and oxygen atoms in total. The maximum absolute atomic E-state index is 15.5. The van der Waals surface area contributed by atoms with Crippen molar-refractivity contribution in [2.24, 2.45) is 24.8 Å². The molecule has 0 radical (unpaired) electrons. The molecular formula is C45H43F4N15O6S2. The van der Waals surface area contributed by atoms with Crippen LogP contribution in [-0.2, 0) is 43.0 Å². The summed E-state index contributed by atoms with van der Waals surface area (Å²) in [4.78, 5) is 48.6. The average Bonchev–Trinajstić information content (AvgIpc) is 3.74. The van der Waals surface area contributed by atoms with Crippen molar-refractivity contribution in [3.05, 3.63) is 84.8 Å². The van der Waals surface area contributed by atoms with Gasteiger partial charge in [-0.05, 0) is 49.2 Å². The van der Waals surface area contributed by atoms with E-state index in [1.54, 1.807) is 61.4 Å². The highest BCUT2D eigenvalue weighted by molar-refractivity contribution is 7.92. The Labute approximate surface area is 406 Å². The third kappa shape index (κ3) is 9.50. The maximum Gasteiger partial charge on any atom is 0.295 e. The number of rotatable bonds is 16. The van der Waals surface area contributed by atoms with Crippen LogP contribution in [0.3, 0.4) is 0 Å². The summed E-state index contributed by atoms with van der Waals surface area (Å²) in [7, 11) is -4.63. The fourth-order valence-electron chi connectivity index (χ4n) is 8.32. The Morgan fingerprint density at radius 2 is 1.46 bits per heavy atom. The Morgan fingerprint density at radius 1 is 0.819 bits per heavy atom. The highest BCUT2D eigenvalue weighted by Gasteiger charge is 2.56. The first kappa shape index (κ1) is 47.7. The molecule has 0 saturated heterocycles. The number of hydrogen-bond acceptors (Lipinski definition) is 14. The normalized spacial score (nSPS) is 18.7. The first-order valence-corrected chi connectivity index (χ1v) is 25.8. The summed E-state index contributed by atoms with van der Waals surface area (Å²) in [6.45, 7) is 1.67. The number of imidazole rings is 2. The van der Waals surface area contributed by atoms with Gasteiger partial charge in [0, 0.05) is 68.5 Å². The minimum absolute atomic E-state index is 0.0114. The summed E-state index contributed by atoms with van der Waals surface area (Å²) in [6, 6.07) is 14.0. The van der Waals surface area contributed by atoms with Crippen LogP contribution in [0.4, 0.5) is 57.6 Å². The van der Waals surface area contributed by atoms with E-state index in [4.69, 9.17) is 0 Å². The quantitative estimate of drug-likeness (QED) is 0.0561. The van der Waals surface area contributed by atoms with Crippen LogP contribution in [0.1, 0.15) is 24.5 Å². The lowest BCUT2D eigenvalue weighted by atomic mass is 10.1. The highest BCUT2D eigenvalue weighted by Crippen LogP contribution is 2.45. The van der Waals surface area contributed by atoms with E-state index >= 15 is 4.39 Å². The van der Waals surface area contributed by atoms with Crippen molar-refractivity contribution >= 4 is 94.1 Å². The number of alkyl halides is 4. The summed E-state index contributed by atoms with van der Waals surface area (Å²) < 4.78 is 113. The van der Waals surface area contributed by atoms with Gasteiger partial charge >= 0.3 is 0 Å². The van der Waals surface area contributed by atoms with Crippen molar-refractivity contribution in [3.8, 4) is 22.4 Å². The maximum atomic E-state index is 15.5. The van der Waals surface area contributed by atoms with E-state index in [-0.39, 0.29) is 63.4 Å². The number of H-pyrrole nitrogens is 2. The van der Waals surface area contributed by atoms with E-state index in [9.17, 15) is 39.6 Å². The lowest BCUT2D eigenvalue weighted by molar-refractivity contribution is -0.118. The van der Waals surface area contributed by atoms with E-state index in [0.29, 0.717) is 45.1 Å². The number of aromatic amines is 2.